The summed E-state index contributed by atoms with van der Waals surface area (Å²) in [4.78, 5) is 24.5. The summed E-state index contributed by atoms with van der Waals surface area (Å²) < 4.78 is 1.09. The molecule has 0 unspecified atom stereocenters. The van der Waals surface area contributed by atoms with E-state index in [2.05, 4.69) is 10.6 Å². The molecule has 1 fully saturated rings. The molecular weight excluding hydrogens is 328 g/mol. The maximum Gasteiger partial charge on any atom is 0.326 e. The van der Waals surface area contributed by atoms with Gasteiger partial charge in [-0.3, -0.25) is 10.1 Å². The van der Waals surface area contributed by atoms with E-state index >= 15 is 0 Å². The number of hydrogen-bond acceptors (Lipinski definition) is 4. The van der Waals surface area contributed by atoms with Gasteiger partial charge in [0.25, 0.3) is 5.91 Å². The first-order valence-electron chi connectivity index (χ1n) is 5.97. The second kappa shape index (κ2) is 5.93. The summed E-state index contributed by atoms with van der Waals surface area (Å²) in [6.07, 6.45) is 1.66. The average molecular weight is 337 g/mol. The highest BCUT2D eigenvalue weighted by atomic mass is 35.5. The van der Waals surface area contributed by atoms with Gasteiger partial charge in [-0.1, -0.05) is 23.4 Å². The SMILES string of the molecule is O=C1NC(=O)C(=Cc2ccc(Sc3ccc(Cl)cc3)s2)N1. The molecule has 0 spiro atoms. The summed E-state index contributed by atoms with van der Waals surface area (Å²) in [6.45, 7) is 0. The minimum atomic E-state index is -0.487. The minimum absolute atomic E-state index is 0.268. The molecule has 1 aliphatic heterocycles. The summed E-state index contributed by atoms with van der Waals surface area (Å²) in [5.74, 6) is -0.402. The van der Waals surface area contributed by atoms with E-state index in [4.69, 9.17) is 11.6 Å². The number of halogens is 1. The van der Waals surface area contributed by atoms with Crippen LogP contribution in [0.25, 0.3) is 6.08 Å². The van der Waals surface area contributed by atoms with Crippen LogP contribution in [0.5, 0.6) is 0 Å². The number of carbonyl (C=O) groups is 2. The fourth-order valence-corrected chi connectivity index (χ4v) is 3.90. The van der Waals surface area contributed by atoms with Gasteiger partial charge < -0.3 is 5.32 Å². The van der Waals surface area contributed by atoms with Crippen LogP contribution in [0, 0.1) is 0 Å². The van der Waals surface area contributed by atoms with E-state index in [9.17, 15) is 9.59 Å². The molecule has 0 radical (unpaired) electrons. The molecule has 7 heteroatoms. The van der Waals surface area contributed by atoms with E-state index in [-0.39, 0.29) is 5.70 Å². The first-order valence-corrected chi connectivity index (χ1v) is 7.98. The molecule has 2 aromatic rings. The quantitative estimate of drug-likeness (QED) is 0.663. The second-order valence-electron chi connectivity index (χ2n) is 4.18. The summed E-state index contributed by atoms with van der Waals surface area (Å²) >= 11 is 9.02. The number of carbonyl (C=O) groups excluding carboxylic acids is 2. The predicted molar refractivity (Wildman–Crippen MR) is 84.5 cm³/mol. The van der Waals surface area contributed by atoms with Crippen molar-refractivity contribution in [2.75, 3.05) is 0 Å². The number of imide groups is 1. The third-order valence-corrected chi connectivity index (χ3v) is 5.06. The molecular formula is C14H9ClN2O2S2. The summed E-state index contributed by atoms with van der Waals surface area (Å²) in [7, 11) is 0. The Labute approximate surface area is 134 Å². The minimum Gasteiger partial charge on any atom is -0.303 e. The topological polar surface area (TPSA) is 58.2 Å². The van der Waals surface area contributed by atoms with Crippen molar-refractivity contribution in [1.29, 1.82) is 0 Å². The lowest BCUT2D eigenvalue weighted by atomic mass is 10.3. The monoisotopic (exact) mass is 336 g/mol. The molecule has 3 amide bonds. The van der Waals surface area contributed by atoms with Gasteiger partial charge in [-0.25, -0.2) is 4.79 Å². The van der Waals surface area contributed by atoms with Gasteiger partial charge in [0.1, 0.15) is 5.70 Å². The van der Waals surface area contributed by atoms with Crippen LogP contribution in [-0.4, -0.2) is 11.9 Å². The molecule has 21 heavy (non-hydrogen) atoms. The van der Waals surface area contributed by atoms with Gasteiger partial charge in [0.15, 0.2) is 0 Å². The molecule has 1 aliphatic rings. The zero-order chi connectivity index (χ0) is 14.8. The zero-order valence-corrected chi connectivity index (χ0v) is 12.9. The summed E-state index contributed by atoms with van der Waals surface area (Å²) in [5.41, 5.74) is 0.268. The molecule has 1 aromatic carbocycles. The molecule has 0 aliphatic carbocycles. The summed E-state index contributed by atoms with van der Waals surface area (Å²) in [5, 5.41) is 5.34. The third-order valence-electron chi connectivity index (χ3n) is 2.64. The lowest BCUT2D eigenvalue weighted by Gasteiger charge is -1.97. The van der Waals surface area contributed by atoms with E-state index in [1.54, 1.807) is 29.2 Å². The molecule has 0 saturated carbocycles. The predicted octanol–water partition coefficient (Wildman–Crippen LogP) is 3.73. The largest absolute Gasteiger partial charge is 0.326 e. The van der Waals surface area contributed by atoms with Gasteiger partial charge in [-0.15, -0.1) is 11.3 Å². The molecule has 4 nitrogen and oxygen atoms in total. The fraction of sp³-hybridized carbons (Fsp3) is 0. The van der Waals surface area contributed by atoms with E-state index < -0.39 is 11.9 Å². The maximum absolute atomic E-state index is 11.4. The van der Waals surface area contributed by atoms with Crippen molar-refractivity contribution in [3.8, 4) is 0 Å². The Hall–Kier alpha value is -1.76. The number of amides is 3. The lowest BCUT2D eigenvalue weighted by molar-refractivity contribution is -0.115. The highest BCUT2D eigenvalue weighted by Crippen LogP contribution is 2.34. The van der Waals surface area contributed by atoms with Gasteiger partial charge in [0.2, 0.25) is 0 Å². The highest BCUT2D eigenvalue weighted by Gasteiger charge is 2.22. The third kappa shape index (κ3) is 3.47. The average Bonchev–Trinajstić information content (AvgIpc) is 3.00. The van der Waals surface area contributed by atoms with Crippen molar-refractivity contribution in [2.24, 2.45) is 0 Å². The number of thiophene rings is 1. The zero-order valence-electron chi connectivity index (χ0n) is 10.6. The lowest BCUT2D eigenvalue weighted by Crippen LogP contribution is -2.22. The molecule has 0 bridgehead atoms. The Balaban J connectivity index is 1.74. The van der Waals surface area contributed by atoms with Crippen LogP contribution < -0.4 is 10.6 Å². The van der Waals surface area contributed by atoms with E-state index in [0.29, 0.717) is 5.02 Å². The van der Waals surface area contributed by atoms with Crippen molar-refractivity contribution >= 4 is 52.7 Å². The van der Waals surface area contributed by atoms with E-state index in [1.165, 1.54) is 0 Å². The van der Waals surface area contributed by atoms with Gasteiger partial charge in [0.05, 0.1) is 4.21 Å². The van der Waals surface area contributed by atoms with Crippen LogP contribution in [-0.2, 0) is 4.79 Å². The molecule has 0 atom stereocenters. The molecule has 2 N–H and O–H groups in total. The van der Waals surface area contributed by atoms with Crippen molar-refractivity contribution in [3.63, 3.8) is 0 Å². The Morgan fingerprint density at radius 2 is 1.81 bits per heavy atom. The first-order chi connectivity index (χ1) is 10.1. The highest BCUT2D eigenvalue weighted by molar-refractivity contribution is 8.01. The Morgan fingerprint density at radius 3 is 2.48 bits per heavy atom. The standard InChI is InChI=1S/C14H9ClN2O2S2/c15-8-1-3-9(4-2-8)20-12-6-5-10(21-12)7-11-13(18)17-14(19)16-11/h1-7H,(H2,16,17,18,19). The van der Waals surface area contributed by atoms with Gasteiger partial charge in [0, 0.05) is 14.8 Å². The van der Waals surface area contributed by atoms with Crippen molar-refractivity contribution in [2.45, 2.75) is 9.10 Å². The molecule has 2 heterocycles. The smallest absolute Gasteiger partial charge is 0.303 e. The molecule has 1 aromatic heterocycles. The van der Waals surface area contributed by atoms with Crippen molar-refractivity contribution in [1.82, 2.24) is 10.6 Å². The van der Waals surface area contributed by atoms with Gasteiger partial charge in [-0.05, 0) is 42.5 Å². The number of nitrogens with one attached hydrogen (secondary N) is 2. The number of rotatable bonds is 3. The Kier molecular flexibility index (Phi) is 4.01. The van der Waals surface area contributed by atoms with Crippen molar-refractivity contribution in [3.05, 3.63) is 52.0 Å². The van der Waals surface area contributed by atoms with Crippen LogP contribution in [0.15, 0.2) is 51.2 Å². The second-order valence-corrected chi connectivity index (χ2v) is 7.10. The van der Waals surface area contributed by atoms with Crippen LogP contribution in [0.2, 0.25) is 5.02 Å². The van der Waals surface area contributed by atoms with Gasteiger partial charge in [-0.2, -0.15) is 0 Å². The fourth-order valence-electron chi connectivity index (χ4n) is 1.71. The number of benzene rings is 1. The molecule has 1 saturated heterocycles. The normalized spacial score (nSPS) is 16.1. The first kappa shape index (κ1) is 14.2. The Bertz CT molecular complexity index is 738. The van der Waals surface area contributed by atoms with Crippen molar-refractivity contribution < 1.29 is 9.59 Å². The van der Waals surface area contributed by atoms with Crippen LogP contribution in [0.3, 0.4) is 0 Å². The maximum atomic E-state index is 11.4. The number of hydrogen-bond donors (Lipinski definition) is 2. The van der Waals surface area contributed by atoms with Crippen LogP contribution >= 0.6 is 34.7 Å². The van der Waals surface area contributed by atoms with E-state index in [1.807, 2.05) is 36.4 Å². The van der Waals surface area contributed by atoms with Gasteiger partial charge >= 0.3 is 6.03 Å². The van der Waals surface area contributed by atoms with Crippen LogP contribution in [0.1, 0.15) is 4.88 Å². The number of urea groups is 1. The van der Waals surface area contributed by atoms with E-state index in [0.717, 1.165) is 14.0 Å². The Morgan fingerprint density at radius 1 is 1.05 bits per heavy atom. The molecule has 106 valence electrons. The summed E-state index contributed by atoms with van der Waals surface area (Å²) in [6, 6.07) is 11.0. The molecule has 3 rings (SSSR count). The van der Waals surface area contributed by atoms with Crippen LogP contribution in [0.4, 0.5) is 4.79 Å².